The number of carbonyl (C=O) groups is 2. The number of allylic oxidation sites excluding steroid dienone is 1. The van der Waals surface area contributed by atoms with E-state index in [1.54, 1.807) is 30.9 Å². The summed E-state index contributed by atoms with van der Waals surface area (Å²) in [6, 6.07) is 9.70. The van der Waals surface area contributed by atoms with Crippen molar-refractivity contribution < 1.29 is 35.9 Å². The minimum absolute atomic E-state index is 0.0185. The van der Waals surface area contributed by atoms with Crippen LogP contribution in [-0.4, -0.2) is 100 Å². The van der Waals surface area contributed by atoms with Gasteiger partial charge in [-0.25, -0.2) is 46.3 Å². The van der Waals surface area contributed by atoms with E-state index in [2.05, 4.69) is 63.7 Å². The Morgan fingerprint density at radius 2 is 1.01 bits per heavy atom. The highest BCUT2D eigenvalue weighted by molar-refractivity contribution is 5.96. The Morgan fingerprint density at radius 3 is 1.37 bits per heavy atom. The third kappa shape index (κ3) is 12.4. The van der Waals surface area contributed by atoms with Crippen molar-refractivity contribution in [3.05, 3.63) is 133 Å². The molecule has 0 N–H and O–H groups in total. The molecule has 0 atom stereocenters. The van der Waals surface area contributed by atoms with Crippen LogP contribution < -0.4 is 9.80 Å². The van der Waals surface area contributed by atoms with Crippen LogP contribution >= 0.6 is 0 Å². The number of halogens is 6. The van der Waals surface area contributed by atoms with E-state index in [0.29, 0.717) is 59.7 Å². The second kappa shape index (κ2) is 24.4. The number of fused-ring (bicyclic) bond motifs is 2. The highest BCUT2D eigenvalue weighted by atomic mass is 19.2. The summed E-state index contributed by atoms with van der Waals surface area (Å²) in [5, 5.41) is 1.12. The van der Waals surface area contributed by atoms with Crippen molar-refractivity contribution in [1.29, 1.82) is 0 Å². The number of piperidine rings is 1. The van der Waals surface area contributed by atoms with Crippen LogP contribution in [0.4, 0.5) is 38.0 Å². The lowest BCUT2D eigenvalue weighted by Gasteiger charge is -2.35. The van der Waals surface area contributed by atoms with Gasteiger partial charge in [0.1, 0.15) is 58.6 Å². The molecule has 4 aromatic carbocycles. The molecule has 2 aliphatic rings. The van der Waals surface area contributed by atoms with Crippen LogP contribution in [0.2, 0.25) is 0 Å². The molecular weight excluding hydrogens is 883 g/mol. The van der Waals surface area contributed by atoms with Gasteiger partial charge in [0, 0.05) is 84.4 Å². The summed E-state index contributed by atoms with van der Waals surface area (Å²) in [6.07, 6.45) is 8.50. The number of aromatic nitrogens is 4. The van der Waals surface area contributed by atoms with Crippen LogP contribution in [0.1, 0.15) is 58.1 Å². The highest BCUT2D eigenvalue weighted by Crippen LogP contribution is 2.38. The number of aryl methyl sites for hydroxylation is 2. The predicted octanol–water partition coefficient (Wildman–Crippen LogP) is 11.0. The molecule has 360 valence electrons. The van der Waals surface area contributed by atoms with Gasteiger partial charge >= 0.3 is 0 Å². The Balaban J connectivity index is 0.000000206. The van der Waals surface area contributed by atoms with Gasteiger partial charge < -0.3 is 19.6 Å². The molecule has 2 fully saturated rings. The molecule has 68 heavy (non-hydrogen) atoms. The van der Waals surface area contributed by atoms with Crippen molar-refractivity contribution in [1.82, 2.24) is 29.7 Å². The number of anilines is 2. The quantitative estimate of drug-likeness (QED) is 0.104. The Bertz CT molecular complexity index is 2750. The predicted molar refractivity (Wildman–Crippen MR) is 259 cm³/mol. The van der Waals surface area contributed by atoms with Gasteiger partial charge in [-0.3, -0.25) is 9.59 Å². The molecule has 6 aromatic rings. The SMILES string of the molecule is C=CC(=O)N1CCN(c2ncnc3c(F)c(-c4ccc(F)cc4F)c(C)cc23)CC1.C=CC(C)=O.CCN(CC)CC.Cc1cc2c(N3CCCCC3)ncnc2c(F)c1-c1ccc(F)cc1F. The first-order valence-corrected chi connectivity index (χ1v) is 22.6. The monoisotopic (exact) mass is 940 g/mol. The standard InChI is InChI=1S/C22H19F3N4O.C20H18F3N3.C6H15N.C4H6O/c1-3-18(30)28-6-8-29(9-7-28)22-16-10-13(2)19(20(25)21(16)26-12-27-22)15-5-4-14(23)11-17(15)24;1-12-9-15-19(24-11-25-20(15)26-7-3-2-4-8-26)18(23)17(12)14-6-5-13(21)10-16(14)22;1-4-7(5-2)6-3;1-3-4(2)5/h3-5,10-12H,1,6-9H2,2H3;5-6,9-11H,2-4,7-8H2,1H3;4-6H2,1-3H3;3H,1H2,2H3. The fourth-order valence-corrected chi connectivity index (χ4v) is 8.14. The molecule has 0 radical (unpaired) electrons. The lowest BCUT2D eigenvalue weighted by molar-refractivity contribution is -0.126. The minimum atomic E-state index is -0.839. The van der Waals surface area contributed by atoms with Crippen molar-refractivity contribution in [2.24, 2.45) is 0 Å². The van der Waals surface area contributed by atoms with Gasteiger partial charge in [-0.2, -0.15) is 0 Å². The number of benzene rings is 4. The average Bonchev–Trinajstić information content (AvgIpc) is 3.33. The third-order valence-corrected chi connectivity index (χ3v) is 11.8. The molecule has 2 aliphatic heterocycles. The highest BCUT2D eigenvalue weighted by Gasteiger charge is 2.26. The number of hydrogen-bond acceptors (Lipinski definition) is 9. The Kier molecular flexibility index (Phi) is 18.7. The Labute approximate surface area is 394 Å². The molecule has 8 rings (SSSR count). The molecule has 16 heteroatoms. The summed E-state index contributed by atoms with van der Waals surface area (Å²) in [6.45, 7) is 25.5. The topological polar surface area (TPSA) is 98.7 Å². The normalized spacial score (nSPS) is 13.5. The first kappa shape index (κ1) is 52.3. The van der Waals surface area contributed by atoms with E-state index in [4.69, 9.17) is 0 Å². The Hall–Kier alpha value is -6.68. The van der Waals surface area contributed by atoms with Crippen molar-refractivity contribution in [3.8, 4) is 22.3 Å². The lowest BCUT2D eigenvalue weighted by Crippen LogP contribution is -2.48. The number of hydrogen-bond donors (Lipinski definition) is 0. The largest absolute Gasteiger partial charge is 0.356 e. The summed E-state index contributed by atoms with van der Waals surface area (Å²) in [5.41, 5.74) is 1.44. The summed E-state index contributed by atoms with van der Waals surface area (Å²) in [5.74, 6) is -3.19. The molecular formula is C52H58F6N8O2. The van der Waals surface area contributed by atoms with E-state index in [1.165, 1.54) is 69.9 Å². The van der Waals surface area contributed by atoms with E-state index in [0.717, 1.165) is 50.2 Å². The summed E-state index contributed by atoms with van der Waals surface area (Å²) in [4.78, 5) is 46.5. The Morgan fingerprint density at radius 1 is 0.603 bits per heavy atom. The van der Waals surface area contributed by atoms with E-state index in [9.17, 15) is 27.2 Å². The maximum Gasteiger partial charge on any atom is 0.246 e. The van der Waals surface area contributed by atoms with Crippen molar-refractivity contribution in [3.63, 3.8) is 0 Å². The number of rotatable bonds is 9. The zero-order chi connectivity index (χ0) is 49.7. The zero-order valence-electron chi connectivity index (χ0n) is 39.5. The second-order valence-corrected chi connectivity index (χ2v) is 16.2. The van der Waals surface area contributed by atoms with Crippen LogP contribution in [-0.2, 0) is 9.59 Å². The molecule has 1 amide bonds. The van der Waals surface area contributed by atoms with Crippen molar-refractivity contribution >= 4 is 45.1 Å². The van der Waals surface area contributed by atoms with E-state index >= 15 is 8.78 Å². The average molecular weight is 941 g/mol. The minimum Gasteiger partial charge on any atom is -0.356 e. The molecule has 0 spiro atoms. The molecule has 10 nitrogen and oxygen atoms in total. The summed E-state index contributed by atoms with van der Waals surface area (Å²) in [7, 11) is 0. The maximum absolute atomic E-state index is 15.4. The van der Waals surface area contributed by atoms with E-state index < -0.39 is 34.9 Å². The molecule has 0 unspecified atom stereocenters. The molecule has 0 aliphatic carbocycles. The van der Waals surface area contributed by atoms with Gasteiger partial charge in [-0.05, 0) is 119 Å². The van der Waals surface area contributed by atoms with E-state index in [-0.39, 0.29) is 45.0 Å². The number of carbonyl (C=O) groups excluding carboxylic acids is 2. The fourth-order valence-electron chi connectivity index (χ4n) is 8.14. The van der Waals surface area contributed by atoms with Crippen LogP contribution in [0.5, 0.6) is 0 Å². The van der Waals surface area contributed by atoms with Crippen molar-refractivity contribution in [2.45, 2.75) is 60.8 Å². The van der Waals surface area contributed by atoms with Gasteiger partial charge in [0.2, 0.25) is 5.91 Å². The van der Waals surface area contributed by atoms with Gasteiger partial charge in [0.15, 0.2) is 17.4 Å². The smallest absolute Gasteiger partial charge is 0.246 e. The zero-order valence-corrected chi connectivity index (χ0v) is 39.5. The summed E-state index contributed by atoms with van der Waals surface area (Å²) < 4.78 is 85.7. The van der Waals surface area contributed by atoms with Crippen LogP contribution in [0.25, 0.3) is 44.1 Å². The first-order chi connectivity index (χ1) is 32.6. The van der Waals surface area contributed by atoms with Crippen molar-refractivity contribution in [2.75, 3.05) is 68.7 Å². The van der Waals surface area contributed by atoms with Gasteiger partial charge in [0.25, 0.3) is 0 Å². The second-order valence-electron chi connectivity index (χ2n) is 16.2. The summed E-state index contributed by atoms with van der Waals surface area (Å²) >= 11 is 0. The van der Waals surface area contributed by atoms with Gasteiger partial charge in [-0.1, -0.05) is 33.9 Å². The van der Waals surface area contributed by atoms with E-state index in [1.807, 2.05) is 4.90 Å². The first-order valence-electron chi connectivity index (χ1n) is 22.6. The third-order valence-electron chi connectivity index (χ3n) is 11.8. The van der Waals surface area contributed by atoms with Crippen LogP contribution in [0, 0.1) is 48.8 Å². The fraction of sp³-hybridized carbons (Fsp3) is 0.346. The number of ketones is 1. The van der Waals surface area contributed by atoms with Crippen LogP contribution in [0.3, 0.4) is 0 Å². The van der Waals surface area contributed by atoms with Gasteiger partial charge in [0.05, 0.1) is 0 Å². The number of piperazine rings is 1. The molecule has 2 aromatic heterocycles. The number of nitrogens with zero attached hydrogens (tertiary/aromatic N) is 8. The lowest BCUT2D eigenvalue weighted by atomic mass is 9.96. The maximum atomic E-state index is 15.4. The molecule has 0 bridgehead atoms. The molecule has 0 saturated carbocycles. The number of amides is 1. The molecule has 2 saturated heterocycles. The van der Waals surface area contributed by atoms with Crippen LogP contribution in [0.15, 0.2) is 86.5 Å². The molecule has 4 heterocycles. The van der Waals surface area contributed by atoms with Gasteiger partial charge in [-0.15, -0.1) is 0 Å².